The number of fused-ring (bicyclic) bond motifs is 2. The number of nitrogens with two attached hydrogens (primary N) is 1. The summed E-state index contributed by atoms with van der Waals surface area (Å²) in [6, 6.07) is 1.57. The maximum Gasteiger partial charge on any atom is 0.325 e. The van der Waals surface area contributed by atoms with Crippen LogP contribution in [0.15, 0.2) is 34.5 Å². The lowest BCUT2D eigenvalue weighted by Gasteiger charge is -2.26. The fourth-order valence-electron chi connectivity index (χ4n) is 4.91. The molecule has 2 saturated heterocycles. The van der Waals surface area contributed by atoms with E-state index in [2.05, 4.69) is 24.9 Å². The standard InChI is InChI=1S/C21H24FN8O9PS/c22-13-10(4-31)38-20(30-7-26-14-17(30)27-21(23)28-19(14)34)15(13)39-40(35,41)36-5-11-9(32)3-12(37-11)29-2-1-8-16(29)24-6-25-18(8)33/h1-2,6-7,9-13,15,20,31-32H,3-5H2,(H,35,41)(H,24,25,33)(H3,23,27,28,34)/t9-,10+,11+,12+,13+,15?,20+,40?/m0/s1. The number of aliphatic hydroxyl groups excluding tert-OH is 2. The molecule has 20 heteroatoms. The molecule has 0 aromatic carbocycles. The van der Waals surface area contributed by atoms with Crippen LogP contribution >= 0.6 is 6.72 Å². The minimum absolute atomic E-state index is 0.0506. The summed E-state index contributed by atoms with van der Waals surface area (Å²) in [5.74, 6) is -0.227. The average Bonchev–Trinajstić information content (AvgIpc) is 3.69. The third kappa shape index (κ3) is 5.09. The average molecular weight is 615 g/mol. The molecule has 7 N–H and O–H groups in total. The number of aromatic nitrogens is 7. The van der Waals surface area contributed by atoms with Gasteiger partial charge in [-0.15, -0.1) is 0 Å². The molecule has 2 unspecified atom stereocenters. The quantitative estimate of drug-likeness (QED) is 0.130. The van der Waals surface area contributed by atoms with E-state index in [9.17, 15) is 24.7 Å². The van der Waals surface area contributed by atoms with Crippen molar-refractivity contribution in [2.24, 2.45) is 0 Å². The van der Waals surface area contributed by atoms with Gasteiger partial charge in [-0.2, -0.15) is 4.98 Å². The summed E-state index contributed by atoms with van der Waals surface area (Å²) in [5, 5.41) is 20.5. The smallest absolute Gasteiger partial charge is 0.325 e. The first-order valence-electron chi connectivity index (χ1n) is 12.2. The van der Waals surface area contributed by atoms with E-state index >= 15 is 4.39 Å². The molecule has 0 bridgehead atoms. The molecular formula is C21H24FN8O9PS. The molecule has 41 heavy (non-hydrogen) atoms. The van der Waals surface area contributed by atoms with Crippen molar-refractivity contribution >= 4 is 46.7 Å². The number of ether oxygens (including phenoxy) is 2. The van der Waals surface area contributed by atoms with Gasteiger partial charge in [0.1, 0.15) is 30.2 Å². The molecule has 220 valence electrons. The Morgan fingerprint density at radius 3 is 2.80 bits per heavy atom. The van der Waals surface area contributed by atoms with Crippen LogP contribution in [-0.2, 0) is 30.3 Å². The molecule has 0 amide bonds. The molecule has 2 fully saturated rings. The number of hydrogen-bond donors (Lipinski definition) is 6. The number of nitrogens with one attached hydrogen (secondary N) is 2. The molecule has 8 atom stereocenters. The van der Waals surface area contributed by atoms with Crippen molar-refractivity contribution in [3.05, 3.63) is 45.6 Å². The summed E-state index contributed by atoms with van der Waals surface area (Å²) in [6.07, 6.45) is -4.91. The van der Waals surface area contributed by atoms with Crippen LogP contribution in [0.1, 0.15) is 18.9 Å². The van der Waals surface area contributed by atoms with Gasteiger partial charge in [0.15, 0.2) is 23.6 Å². The Morgan fingerprint density at radius 1 is 1.22 bits per heavy atom. The van der Waals surface area contributed by atoms with Crippen LogP contribution in [0.4, 0.5) is 10.3 Å². The van der Waals surface area contributed by atoms with Gasteiger partial charge in [0, 0.05) is 12.6 Å². The van der Waals surface area contributed by atoms with Crippen molar-refractivity contribution in [3.63, 3.8) is 0 Å². The molecule has 17 nitrogen and oxygen atoms in total. The Morgan fingerprint density at radius 2 is 2.02 bits per heavy atom. The molecule has 2 aliphatic heterocycles. The molecule has 0 aliphatic carbocycles. The van der Waals surface area contributed by atoms with E-state index in [-0.39, 0.29) is 29.1 Å². The lowest BCUT2D eigenvalue weighted by atomic mass is 10.1. The predicted molar refractivity (Wildman–Crippen MR) is 141 cm³/mol. The second-order valence-electron chi connectivity index (χ2n) is 9.43. The second kappa shape index (κ2) is 10.6. The van der Waals surface area contributed by atoms with Gasteiger partial charge < -0.3 is 44.4 Å². The highest BCUT2D eigenvalue weighted by molar-refractivity contribution is 8.07. The molecule has 6 rings (SSSR count). The normalized spacial score (nSPS) is 29.9. The number of alkyl halides is 1. The van der Waals surface area contributed by atoms with E-state index in [0.29, 0.717) is 11.0 Å². The van der Waals surface area contributed by atoms with Crippen LogP contribution in [0.25, 0.3) is 22.2 Å². The zero-order chi connectivity index (χ0) is 29.1. The topological polar surface area (TPSA) is 238 Å². The van der Waals surface area contributed by atoms with Gasteiger partial charge in [-0.3, -0.25) is 23.7 Å². The predicted octanol–water partition coefficient (Wildman–Crippen LogP) is -1.07. The lowest BCUT2D eigenvalue weighted by molar-refractivity contribution is -0.0544. The SMILES string of the molecule is Nc1nc2c(ncn2[C@@H]2O[C@H](CO)[C@@H](F)C2OP(O)(=S)OC[C@H]2O[C@@H](n3ccc4c(=O)[nH]cnc43)C[C@@H]2O)c(=O)[nH]1. The number of imidazole rings is 1. The maximum absolute atomic E-state index is 15.3. The molecule has 0 saturated carbocycles. The third-order valence-corrected chi connectivity index (χ3v) is 8.41. The van der Waals surface area contributed by atoms with E-state index < -0.39 is 68.5 Å². The van der Waals surface area contributed by atoms with Gasteiger partial charge in [0.25, 0.3) is 11.1 Å². The number of nitrogen functional groups attached to an aromatic ring is 1. The Labute approximate surface area is 232 Å². The van der Waals surface area contributed by atoms with Crippen LogP contribution < -0.4 is 16.9 Å². The molecule has 0 spiro atoms. The molecule has 2 aliphatic rings. The number of aromatic amines is 2. The number of nitrogens with zero attached hydrogens (tertiary/aromatic N) is 5. The number of hydrogen-bond acceptors (Lipinski definition) is 13. The summed E-state index contributed by atoms with van der Waals surface area (Å²) >= 11 is 5.12. The fraction of sp³-hybridized carbons (Fsp3) is 0.476. The second-order valence-corrected chi connectivity index (χ2v) is 12.2. The van der Waals surface area contributed by atoms with E-state index in [1.807, 2.05) is 0 Å². The fourth-order valence-corrected chi connectivity index (χ4v) is 6.31. The highest BCUT2D eigenvalue weighted by Crippen LogP contribution is 2.50. The minimum atomic E-state index is -4.21. The summed E-state index contributed by atoms with van der Waals surface area (Å²) in [4.78, 5) is 51.9. The maximum atomic E-state index is 15.3. The van der Waals surface area contributed by atoms with Gasteiger partial charge in [-0.05, 0) is 17.9 Å². The van der Waals surface area contributed by atoms with Gasteiger partial charge in [-0.25, -0.2) is 14.4 Å². The van der Waals surface area contributed by atoms with E-state index in [1.54, 1.807) is 16.8 Å². The molecule has 0 radical (unpaired) electrons. The highest BCUT2D eigenvalue weighted by Gasteiger charge is 2.50. The first-order valence-corrected chi connectivity index (χ1v) is 14.8. The molecular weight excluding hydrogens is 590 g/mol. The first kappa shape index (κ1) is 28.0. The summed E-state index contributed by atoms with van der Waals surface area (Å²) in [7, 11) is 0. The molecule has 4 aromatic heterocycles. The molecule has 4 aromatic rings. The van der Waals surface area contributed by atoms with Crippen molar-refractivity contribution in [1.82, 2.24) is 34.1 Å². The third-order valence-electron chi connectivity index (χ3n) is 6.85. The van der Waals surface area contributed by atoms with E-state index in [1.165, 1.54) is 10.9 Å². The van der Waals surface area contributed by atoms with Crippen molar-refractivity contribution in [1.29, 1.82) is 0 Å². The largest absolute Gasteiger partial charge is 0.394 e. The highest BCUT2D eigenvalue weighted by atomic mass is 32.5. The Hall–Kier alpha value is -3.13. The van der Waals surface area contributed by atoms with Gasteiger partial charge >= 0.3 is 6.72 Å². The Balaban J connectivity index is 1.17. The number of H-pyrrole nitrogens is 2. The van der Waals surface area contributed by atoms with Crippen LogP contribution in [0.3, 0.4) is 0 Å². The van der Waals surface area contributed by atoms with Crippen molar-refractivity contribution in [3.8, 4) is 0 Å². The first-order chi connectivity index (χ1) is 19.6. The summed E-state index contributed by atoms with van der Waals surface area (Å²) in [5.41, 5.74) is 4.86. The number of anilines is 1. The molecule has 6 heterocycles. The number of aliphatic hydroxyl groups is 2. The van der Waals surface area contributed by atoms with Crippen LogP contribution in [-0.4, -0.2) is 93.0 Å². The minimum Gasteiger partial charge on any atom is -0.394 e. The van der Waals surface area contributed by atoms with Gasteiger partial charge in [0.2, 0.25) is 5.95 Å². The Kier molecular flexibility index (Phi) is 7.25. The number of halogens is 1. The van der Waals surface area contributed by atoms with Crippen molar-refractivity contribution in [2.45, 2.75) is 49.5 Å². The van der Waals surface area contributed by atoms with Crippen LogP contribution in [0.2, 0.25) is 0 Å². The van der Waals surface area contributed by atoms with Crippen LogP contribution in [0, 0.1) is 0 Å². The summed E-state index contributed by atoms with van der Waals surface area (Å²) < 4.78 is 40.5. The van der Waals surface area contributed by atoms with E-state index in [4.69, 9.17) is 36.1 Å². The zero-order valence-electron chi connectivity index (χ0n) is 20.8. The van der Waals surface area contributed by atoms with Crippen molar-refractivity contribution in [2.75, 3.05) is 18.9 Å². The van der Waals surface area contributed by atoms with Gasteiger partial charge in [0.05, 0.1) is 37.4 Å². The summed E-state index contributed by atoms with van der Waals surface area (Å²) in [6.45, 7) is -5.36. The zero-order valence-corrected chi connectivity index (χ0v) is 22.5. The van der Waals surface area contributed by atoms with E-state index in [0.717, 1.165) is 6.33 Å². The monoisotopic (exact) mass is 614 g/mol. The van der Waals surface area contributed by atoms with Crippen molar-refractivity contribution < 1.29 is 38.0 Å². The number of rotatable bonds is 8. The van der Waals surface area contributed by atoms with Crippen LogP contribution in [0.5, 0.6) is 0 Å². The Bertz CT molecular complexity index is 1760. The lowest BCUT2D eigenvalue weighted by Crippen LogP contribution is -2.32. The van der Waals surface area contributed by atoms with Gasteiger partial charge in [-0.1, -0.05) is 0 Å².